The van der Waals surface area contributed by atoms with Crippen molar-refractivity contribution in [3.8, 4) is 0 Å². The predicted octanol–water partition coefficient (Wildman–Crippen LogP) is 2.89. The maximum absolute atomic E-state index is 12.7. The number of ketones is 1. The van der Waals surface area contributed by atoms with Gasteiger partial charge >= 0.3 is 0 Å². The number of likely N-dealkylation sites (tertiary alicyclic amines) is 1. The number of Topliss-reactive ketones (excluding diaryl/α,β-unsaturated/α-hetero) is 1. The molecule has 27 heavy (non-hydrogen) atoms. The summed E-state index contributed by atoms with van der Waals surface area (Å²) in [5.74, 6) is 0.591. The van der Waals surface area contributed by atoms with Gasteiger partial charge in [-0.05, 0) is 75.9 Å². The maximum atomic E-state index is 12.7. The first-order chi connectivity index (χ1) is 12.9. The minimum atomic E-state index is 0.140. The average Bonchev–Trinajstić information content (AvgIpc) is 2.65. The molecule has 0 saturated carbocycles. The molecule has 1 aromatic carbocycles. The second-order valence-electron chi connectivity index (χ2n) is 8.03. The van der Waals surface area contributed by atoms with Gasteiger partial charge in [0.25, 0.3) is 0 Å². The van der Waals surface area contributed by atoms with Crippen LogP contribution in [0.2, 0.25) is 0 Å². The van der Waals surface area contributed by atoms with Crippen molar-refractivity contribution in [2.75, 3.05) is 39.4 Å². The van der Waals surface area contributed by atoms with Crippen molar-refractivity contribution in [2.24, 2.45) is 5.92 Å². The van der Waals surface area contributed by atoms with E-state index >= 15 is 0 Å². The van der Waals surface area contributed by atoms with E-state index in [0.29, 0.717) is 19.1 Å². The zero-order valence-corrected chi connectivity index (χ0v) is 17.1. The van der Waals surface area contributed by atoms with Crippen LogP contribution < -0.4 is 0 Å². The average molecular weight is 373 g/mol. The Morgan fingerprint density at radius 2 is 1.67 bits per heavy atom. The molecule has 0 radical (unpaired) electrons. The Hall–Kier alpha value is -1.72. The van der Waals surface area contributed by atoms with Gasteiger partial charge in [-0.2, -0.15) is 0 Å². The van der Waals surface area contributed by atoms with Gasteiger partial charge in [0.1, 0.15) is 0 Å². The van der Waals surface area contributed by atoms with Crippen molar-refractivity contribution in [2.45, 2.75) is 47.1 Å². The van der Waals surface area contributed by atoms with Gasteiger partial charge in [-0.25, -0.2) is 0 Å². The number of carbonyl (C=O) groups excluding carboxylic acids is 2. The molecule has 2 fully saturated rings. The van der Waals surface area contributed by atoms with Crippen molar-refractivity contribution in [1.82, 2.24) is 9.80 Å². The normalized spacial score (nSPS) is 19.3. The van der Waals surface area contributed by atoms with Crippen LogP contribution in [0.15, 0.2) is 6.07 Å². The number of rotatable bonds is 4. The third kappa shape index (κ3) is 4.41. The van der Waals surface area contributed by atoms with Crippen LogP contribution in [0.25, 0.3) is 0 Å². The Morgan fingerprint density at radius 3 is 2.26 bits per heavy atom. The van der Waals surface area contributed by atoms with Gasteiger partial charge in [0.15, 0.2) is 5.78 Å². The van der Waals surface area contributed by atoms with E-state index in [0.717, 1.165) is 62.3 Å². The number of morpholine rings is 1. The molecule has 0 unspecified atom stereocenters. The number of amides is 1. The number of piperidine rings is 1. The quantitative estimate of drug-likeness (QED) is 0.763. The fourth-order valence-electron chi connectivity index (χ4n) is 4.62. The Labute approximate surface area is 162 Å². The van der Waals surface area contributed by atoms with E-state index in [4.69, 9.17) is 4.74 Å². The minimum Gasteiger partial charge on any atom is -0.378 e. The van der Waals surface area contributed by atoms with E-state index in [2.05, 4.69) is 24.8 Å². The summed E-state index contributed by atoms with van der Waals surface area (Å²) in [5, 5.41) is 0. The molecule has 2 saturated heterocycles. The first-order valence-corrected chi connectivity index (χ1v) is 10.1. The molecule has 5 heteroatoms. The molecule has 0 aromatic heterocycles. The van der Waals surface area contributed by atoms with Crippen LogP contribution in [-0.2, 0) is 16.1 Å². The van der Waals surface area contributed by atoms with Crippen LogP contribution in [0.5, 0.6) is 0 Å². The maximum Gasteiger partial charge on any atom is 0.225 e. The lowest BCUT2D eigenvalue weighted by Gasteiger charge is -2.36. The van der Waals surface area contributed by atoms with E-state index < -0.39 is 0 Å². The highest BCUT2D eigenvalue weighted by atomic mass is 16.5. The van der Waals surface area contributed by atoms with E-state index in [-0.39, 0.29) is 11.7 Å². The number of carbonyl (C=O) groups is 2. The first kappa shape index (κ1) is 20.0. The number of nitrogens with zero attached hydrogens (tertiary/aromatic N) is 2. The molecule has 1 aromatic rings. The molecule has 1 amide bonds. The van der Waals surface area contributed by atoms with Gasteiger partial charge in [0.05, 0.1) is 13.2 Å². The summed E-state index contributed by atoms with van der Waals surface area (Å²) in [7, 11) is 0. The topological polar surface area (TPSA) is 49.9 Å². The Morgan fingerprint density at radius 1 is 1.04 bits per heavy atom. The first-order valence-electron chi connectivity index (χ1n) is 10.1. The molecule has 0 atom stereocenters. The molecule has 5 nitrogen and oxygen atoms in total. The Balaban J connectivity index is 1.63. The van der Waals surface area contributed by atoms with Crippen LogP contribution in [0.4, 0.5) is 0 Å². The van der Waals surface area contributed by atoms with Gasteiger partial charge in [0.2, 0.25) is 5.91 Å². The monoisotopic (exact) mass is 372 g/mol. The minimum absolute atomic E-state index is 0.140. The lowest BCUT2D eigenvalue weighted by atomic mass is 9.90. The van der Waals surface area contributed by atoms with Crippen LogP contribution in [-0.4, -0.2) is 60.9 Å². The molecular formula is C22H32N2O3. The fraction of sp³-hybridized carbons (Fsp3) is 0.636. The van der Waals surface area contributed by atoms with Crippen LogP contribution >= 0.6 is 0 Å². The summed E-state index contributed by atoms with van der Waals surface area (Å²) < 4.78 is 5.35. The smallest absolute Gasteiger partial charge is 0.225 e. The second kappa shape index (κ2) is 8.53. The van der Waals surface area contributed by atoms with E-state index in [1.807, 2.05) is 11.8 Å². The van der Waals surface area contributed by atoms with Gasteiger partial charge < -0.3 is 9.64 Å². The predicted molar refractivity (Wildman–Crippen MR) is 106 cm³/mol. The van der Waals surface area contributed by atoms with Crippen molar-refractivity contribution in [3.63, 3.8) is 0 Å². The number of hydrogen-bond acceptors (Lipinski definition) is 4. The van der Waals surface area contributed by atoms with Crippen LogP contribution in [0.1, 0.15) is 52.4 Å². The summed E-state index contributed by atoms with van der Waals surface area (Å²) in [4.78, 5) is 29.1. The zero-order valence-electron chi connectivity index (χ0n) is 17.1. The van der Waals surface area contributed by atoms with Gasteiger partial charge in [-0.3, -0.25) is 14.5 Å². The summed E-state index contributed by atoms with van der Waals surface area (Å²) in [6.45, 7) is 13.4. The van der Waals surface area contributed by atoms with Gasteiger partial charge in [0, 0.05) is 31.1 Å². The Kier molecular flexibility index (Phi) is 6.33. The SMILES string of the molecule is CC(=O)c1c(C)cc(C)c(CN2CCC(C(=O)N3CCOCC3)CC2)c1C. The molecule has 3 rings (SSSR count). The largest absolute Gasteiger partial charge is 0.378 e. The third-order valence-electron chi connectivity index (χ3n) is 6.12. The molecular weight excluding hydrogens is 340 g/mol. The van der Waals surface area contributed by atoms with Gasteiger partial charge in [-0.1, -0.05) is 6.07 Å². The number of aryl methyl sites for hydroxylation is 2. The summed E-state index contributed by atoms with van der Waals surface area (Å²) in [6, 6.07) is 2.13. The lowest BCUT2D eigenvalue weighted by molar-refractivity contribution is -0.141. The molecule has 2 aliphatic rings. The third-order valence-corrected chi connectivity index (χ3v) is 6.12. The number of benzene rings is 1. The molecule has 2 heterocycles. The summed E-state index contributed by atoms with van der Waals surface area (Å²) in [6.07, 6.45) is 1.83. The van der Waals surface area contributed by atoms with Crippen LogP contribution in [0, 0.1) is 26.7 Å². The van der Waals surface area contributed by atoms with E-state index in [9.17, 15) is 9.59 Å². The van der Waals surface area contributed by atoms with E-state index in [1.54, 1.807) is 6.92 Å². The zero-order chi connectivity index (χ0) is 19.6. The standard InChI is InChI=1S/C22H32N2O3/c1-15-13-16(2)21(18(4)25)17(3)20(15)14-23-7-5-19(6-8-23)22(26)24-9-11-27-12-10-24/h13,19H,5-12,14H2,1-4H3. The van der Waals surface area contributed by atoms with Crippen LogP contribution in [0.3, 0.4) is 0 Å². The number of ether oxygens (including phenoxy) is 1. The fourth-order valence-corrected chi connectivity index (χ4v) is 4.62. The summed E-state index contributed by atoms with van der Waals surface area (Å²) >= 11 is 0. The molecule has 0 aliphatic carbocycles. The molecule has 0 spiro atoms. The molecule has 0 N–H and O–H groups in total. The number of hydrogen-bond donors (Lipinski definition) is 0. The van der Waals surface area contributed by atoms with Crippen molar-refractivity contribution >= 4 is 11.7 Å². The van der Waals surface area contributed by atoms with E-state index in [1.165, 1.54) is 11.1 Å². The van der Waals surface area contributed by atoms with Crippen molar-refractivity contribution in [3.05, 3.63) is 33.9 Å². The highest BCUT2D eigenvalue weighted by Gasteiger charge is 2.29. The highest BCUT2D eigenvalue weighted by molar-refractivity contribution is 5.97. The molecule has 2 aliphatic heterocycles. The lowest BCUT2D eigenvalue weighted by Crippen LogP contribution is -2.46. The van der Waals surface area contributed by atoms with Crippen molar-refractivity contribution in [1.29, 1.82) is 0 Å². The Bertz CT molecular complexity index is 715. The highest BCUT2D eigenvalue weighted by Crippen LogP contribution is 2.27. The molecule has 148 valence electrons. The molecule has 0 bridgehead atoms. The summed E-state index contributed by atoms with van der Waals surface area (Å²) in [5.41, 5.74) is 5.57. The van der Waals surface area contributed by atoms with Gasteiger partial charge in [-0.15, -0.1) is 0 Å². The van der Waals surface area contributed by atoms with Crippen molar-refractivity contribution < 1.29 is 14.3 Å². The second-order valence-corrected chi connectivity index (χ2v) is 8.03.